The Balaban J connectivity index is 1.63. The fourth-order valence-electron chi connectivity index (χ4n) is 4.27. The number of nitrogens with two attached hydrogens (primary N) is 1. The zero-order valence-corrected chi connectivity index (χ0v) is 12.2. The lowest BCUT2D eigenvalue weighted by Gasteiger charge is -2.39. The van der Waals surface area contributed by atoms with Gasteiger partial charge in [-0.1, -0.05) is 6.42 Å². The smallest absolute Gasteiger partial charge is 0.187 e. The van der Waals surface area contributed by atoms with Crippen LogP contribution in [0.5, 0.6) is 0 Å². The van der Waals surface area contributed by atoms with Crippen molar-refractivity contribution in [3.8, 4) is 0 Å². The molecule has 4 rings (SSSR count). The molecule has 20 heavy (non-hydrogen) atoms. The van der Waals surface area contributed by atoms with E-state index in [9.17, 15) is 5.11 Å². The van der Waals surface area contributed by atoms with Crippen LogP contribution in [-0.2, 0) is 18.4 Å². The van der Waals surface area contributed by atoms with E-state index in [1.165, 1.54) is 6.42 Å². The van der Waals surface area contributed by atoms with Gasteiger partial charge in [0.15, 0.2) is 17.8 Å². The summed E-state index contributed by atoms with van der Waals surface area (Å²) in [5.41, 5.74) is 4.36. The molecule has 0 aromatic carbocycles. The van der Waals surface area contributed by atoms with Crippen LogP contribution in [0.4, 0.5) is 0 Å². The Morgan fingerprint density at radius 3 is 2.60 bits per heavy atom. The lowest BCUT2D eigenvalue weighted by atomic mass is 9.79. The zero-order valence-electron chi connectivity index (χ0n) is 11.3. The standard InChI is InChI=1S/C13H21NO5S/c14-13-7-11(19-20,10(15)18-13)6-8-9(13)17-12(16-8)4-2-1-3-5-12/h8-10,15,20H,1-7,14H2/t8-,9-,10?,11+,13-/m1/s1. The third-order valence-electron chi connectivity index (χ3n) is 5.23. The molecule has 4 fully saturated rings. The predicted molar refractivity (Wildman–Crippen MR) is 71.6 cm³/mol. The zero-order chi connectivity index (χ0) is 14.0. The van der Waals surface area contributed by atoms with Crippen LogP contribution in [0.1, 0.15) is 44.9 Å². The highest BCUT2D eigenvalue weighted by Crippen LogP contribution is 2.55. The molecule has 2 aliphatic carbocycles. The highest BCUT2D eigenvalue weighted by molar-refractivity contribution is 7.75. The van der Waals surface area contributed by atoms with Gasteiger partial charge >= 0.3 is 0 Å². The first-order chi connectivity index (χ1) is 9.51. The molecule has 6 nitrogen and oxygen atoms in total. The van der Waals surface area contributed by atoms with E-state index in [2.05, 4.69) is 12.9 Å². The van der Waals surface area contributed by atoms with Crippen LogP contribution in [0.2, 0.25) is 0 Å². The first kappa shape index (κ1) is 13.8. The Morgan fingerprint density at radius 1 is 1.15 bits per heavy atom. The third-order valence-corrected chi connectivity index (χ3v) is 5.59. The average molecular weight is 303 g/mol. The van der Waals surface area contributed by atoms with E-state index in [0.29, 0.717) is 12.8 Å². The number of fused-ring (bicyclic) bond motifs is 4. The number of thiol groups is 1. The summed E-state index contributed by atoms with van der Waals surface area (Å²) in [7, 11) is 0. The molecular formula is C13H21NO5S. The molecule has 0 amide bonds. The Morgan fingerprint density at radius 2 is 1.90 bits per heavy atom. The number of rotatable bonds is 1. The highest BCUT2D eigenvalue weighted by Gasteiger charge is 2.69. The van der Waals surface area contributed by atoms with Crippen LogP contribution in [0.25, 0.3) is 0 Å². The van der Waals surface area contributed by atoms with Crippen molar-refractivity contribution in [3.63, 3.8) is 0 Å². The van der Waals surface area contributed by atoms with E-state index in [-0.39, 0.29) is 12.2 Å². The summed E-state index contributed by atoms with van der Waals surface area (Å²) >= 11 is 3.91. The first-order valence-electron chi connectivity index (χ1n) is 7.34. The lowest BCUT2D eigenvalue weighted by molar-refractivity contribution is -0.234. The van der Waals surface area contributed by atoms with Crippen molar-refractivity contribution in [2.75, 3.05) is 0 Å². The van der Waals surface area contributed by atoms with Crippen LogP contribution in [0, 0.1) is 0 Å². The average Bonchev–Trinajstić information content (AvgIpc) is 2.87. The van der Waals surface area contributed by atoms with Crippen molar-refractivity contribution in [1.82, 2.24) is 0 Å². The number of aliphatic hydroxyl groups is 1. The van der Waals surface area contributed by atoms with Gasteiger partial charge in [-0.05, 0) is 25.8 Å². The SMILES string of the molecule is N[C@@]12C[C@@](OS)(C[C@H]3OC4(CCCCC4)O[C@H]31)C(O)O2. The molecule has 3 N–H and O–H groups in total. The second-order valence-electron chi connectivity index (χ2n) is 6.63. The fourth-order valence-corrected chi connectivity index (χ4v) is 4.50. The molecule has 2 aliphatic heterocycles. The summed E-state index contributed by atoms with van der Waals surface area (Å²) in [6.45, 7) is 0. The summed E-state index contributed by atoms with van der Waals surface area (Å²) in [5.74, 6) is -0.517. The van der Waals surface area contributed by atoms with Crippen molar-refractivity contribution in [3.05, 3.63) is 0 Å². The van der Waals surface area contributed by atoms with E-state index >= 15 is 0 Å². The third kappa shape index (κ3) is 1.75. The highest BCUT2D eigenvalue weighted by atomic mass is 32.1. The summed E-state index contributed by atoms with van der Waals surface area (Å²) in [6.07, 6.45) is 4.42. The molecule has 2 saturated heterocycles. The van der Waals surface area contributed by atoms with Crippen LogP contribution >= 0.6 is 12.9 Å². The molecule has 0 aromatic rings. The quantitative estimate of drug-likeness (QED) is 0.491. The van der Waals surface area contributed by atoms with Gasteiger partial charge in [0.05, 0.1) is 6.10 Å². The Bertz CT molecular complexity index is 418. The van der Waals surface area contributed by atoms with Crippen LogP contribution in [0.3, 0.4) is 0 Å². The number of ether oxygens (including phenoxy) is 3. The maximum atomic E-state index is 10.1. The predicted octanol–water partition coefficient (Wildman–Crippen LogP) is 0.828. The molecular weight excluding hydrogens is 282 g/mol. The molecule has 0 radical (unpaired) electrons. The van der Waals surface area contributed by atoms with Crippen LogP contribution in [0.15, 0.2) is 0 Å². The maximum absolute atomic E-state index is 10.1. The summed E-state index contributed by atoms with van der Waals surface area (Å²) in [4.78, 5) is 0. The Labute approximate surface area is 123 Å². The van der Waals surface area contributed by atoms with E-state index < -0.39 is 23.4 Å². The van der Waals surface area contributed by atoms with Crippen molar-refractivity contribution >= 4 is 12.9 Å². The largest absolute Gasteiger partial charge is 0.365 e. The van der Waals surface area contributed by atoms with Crippen molar-refractivity contribution in [1.29, 1.82) is 0 Å². The number of aliphatic hydroxyl groups excluding tert-OH is 1. The minimum atomic E-state index is -1.09. The van der Waals surface area contributed by atoms with Crippen LogP contribution in [-0.4, -0.2) is 40.7 Å². The maximum Gasteiger partial charge on any atom is 0.187 e. The molecule has 1 unspecified atom stereocenters. The van der Waals surface area contributed by atoms with Gasteiger partial charge in [-0.25, -0.2) is 0 Å². The number of hydrogen-bond donors (Lipinski definition) is 3. The lowest BCUT2D eigenvalue weighted by Crippen LogP contribution is -2.60. The van der Waals surface area contributed by atoms with Crippen molar-refractivity contribution in [2.45, 2.75) is 80.6 Å². The minimum Gasteiger partial charge on any atom is -0.365 e. The van der Waals surface area contributed by atoms with Crippen molar-refractivity contribution < 1.29 is 23.5 Å². The van der Waals surface area contributed by atoms with E-state index in [1.807, 2.05) is 0 Å². The molecule has 1 spiro atoms. The Hall–Kier alpha value is 0.110. The van der Waals surface area contributed by atoms with E-state index in [4.69, 9.17) is 24.1 Å². The topological polar surface area (TPSA) is 83.2 Å². The molecule has 0 aromatic heterocycles. The summed E-state index contributed by atoms with van der Waals surface area (Å²) in [6, 6.07) is 0. The van der Waals surface area contributed by atoms with Gasteiger partial charge in [0, 0.05) is 25.7 Å². The second-order valence-corrected chi connectivity index (χ2v) is 6.81. The summed E-state index contributed by atoms with van der Waals surface area (Å²) < 4.78 is 23.2. The van der Waals surface area contributed by atoms with Gasteiger partial charge in [0.2, 0.25) is 0 Å². The minimum absolute atomic E-state index is 0.212. The van der Waals surface area contributed by atoms with Gasteiger partial charge in [-0.15, -0.1) is 0 Å². The molecule has 2 bridgehead atoms. The van der Waals surface area contributed by atoms with Crippen molar-refractivity contribution in [2.24, 2.45) is 5.73 Å². The molecule has 4 aliphatic rings. The second kappa shape index (κ2) is 4.32. The normalized spacial score (nSPS) is 53.2. The molecule has 2 saturated carbocycles. The number of hydrogen-bond acceptors (Lipinski definition) is 7. The molecule has 2 heterocycles. The van der Waals surface area contributed by atoms with Gasteiger partial charge in [0.1, 0.15) is 11.7 Å². The van der Waals surface area contributed by atoms with E-state index in [0.717, 1.165) is 25.7 Å². The first-order valence-corrected chi connectivity index (χ1v) is 7.70. The van der Waals surface area contributed by atoms with Gasteiger partial charge < -0.3 is 29.2 Å². The monoisotopic (exact) mass is 303 g/mol. The Kier molecular flexibility index (Phi) is 2.97. The van der Waals surface area contributed by atoms with Gasteiger partial charge in [0.25, 0.3) is 0 Å². The van der Waals surface area contributed by atoms with Gasteiger partial charge in [-0.2, -0.15) is 0 Å². The van der Waals surface area contributed by atoms with E-state index in [1.54, 1.807) is 0 Å². The van der Waals surface area contributed by atoms with Gasteiger partial charge in [-0.3, -0.25) is 0 Å². The molecule has 114 valence electrons. The summed E-state index contributed by atoms with van der Waals surface area (Å²) in [5, 5.41) is 10.1. The van der Waals surface area contributed by atoms with Crippen LogP contribution < -0.4 is 5.73 Å². The molecule has 5 atom stereocenters. The fraction of sp³-hybridized carbons (Fsp3) is 1.00. The molecule has 7 heteroatoms.